The van der Waals surface area contributed by atoms with Crippen LogP contribution in [0.2, 0.25) is 0 Å². The van der Waals surface area contributed by atoms with Crippen LogP contribution in [0.4, 0.5) is 5.82 Å². The van der Waals surface area contributed by atoms with Crippen molar-refractivity contribution in [2.45, 2.75) is 56.9 Å². The number of rotatable bonds is 5. The van der Waals surface area contributed by atoms with E-state index in [4.69, 9.17) is 0 Å². The molecule has 0 bridgehead atoms. The summed E-state index contributed by atoms with van der Waals surface area (Å²) < 4.78 is 27.8. The van der Waals surface area contributed by atoms with Gasteiger partial charge in [-0.2, -0.15) is 0 Å². The number of hydrogen-bond acceptors (Lipinski definition) is 4. The number of aromatic nitrogens is 1. The summed E-state index contributed by atoms with van der Waals surface area (Å²) >= 11 is 0. The molecule has 0 spiro atoms. The Morgan fingerprint density at radius 1 is 1.24 bits per heavy atom. The second-order valence-electron chi connectivity index (χ2n) is 5.75. The molecule has 2 atom stereocenters. The van der Waals surface area contributed by atoms with E-state index in [-0.39, 0.29) is 10.9 Å². The molecule has 1 aromatic rings. The van der Waals surface area contributed by atoms with Crippen LogP contribution in [0.25, 0.3) is 0 Å². The molecule has 0 radical (unpaired) electrons. The molecule has 1 saturated carbocycles. The second-order valence-corrected chi connectivity index (χ2v) is 7.47. The number of nitrogens with one attached hydrogen (secondary N) is 2. The third-order valence-corrected chi connectivity index (χ3v) is 5.55. The van der Waals surface area contributed by atoms with Crippen molar-refractivity contribution in [3.63, 3.8) is 0 Å². The minimum Gasteiger partial charge on any atom is -0.370 e. The third-order valence-electron chi connectivity index (χ3n) is 4.07. The molecule has 5 nitrogen and oxygen atoms in total. The van der Waals surface area contributed by atoms with Crippen LogP contribution >= 0.6 is 0 Å². The summed E-state index contributed by atoms with van der Waals surface area (Å²) in [6.45, 7) is 4.86. The lowest BCUT2D eigenvalue weighted by molar-refractivity contribution is 0.399. The van der Waals surface area contributed by atoms with Gasteiger partial charge in [0.1, 0.15) is 10.7 Å². The molecule has 21 heavy (non-hydrogen) atoms. The average Bonchev–Trinajstić information content (AvgIpc) is 2.65. The van der Waals surface area contributed by atoms with E-state index >= 15 is 0 Å². The highest BCUT2D eigenvalue weighted by molar-refractivity contribution is 7.89. The standard InChI is InChI=1S/C15H25N3O2S/c1-3-16-15-10-9-13(11-17-15)21(19,20)18-14-8-6-4-5-7-12(14)2/h9-12,14,18H,3-8H2,1-2H3,(H,16,17). The number of anilines is 1. The van der Waals surface area contributed by atoms with Crippen molar-refractivity contribution in [3.8, 4) is 0 Å². The Bertz CT molecular complexity index is 543. The minimum atomic E-state index is -3.48. The Morgan fingerprint density at radius 2 is 2.00 bits per heavy atom. The van der Waals surface area contributed by atoms with E-state index in [0.29, 0.717) is 11.7 Å². The van der Waals surface area contributed by atoms with Gasteiger partial charge in [-0.05, 0) is 37.8 Å². The average molecular weight is 311 g/mol. The maximum Gasteiger partial charge on any atom is 0.242 e. The number of nitrogens with zero attached hydrogens (tertiary/aromatic N) is 1. The Hall–Kier alpha value is -1.14. The summed E-state index contributed by atoms with van der Waals surface area (Å²) in [5.41, 5.74) is 0. The highest BCUT2D eigenvalue weighted by atomic mass is 32.2. The van der Waals surface area contributed by atoms with Crippen LogP contribution in [-0.2, 0) is 10.0 Å². The Labute approximate surface area is 127 Å². The molecule has 2 N–H and O–H groups in total. The Kier molecular flexibility index (Phi) is 5.58. The zero-order valence-electron chi connectivity index (χ0n) is 12.8. The third kappa shape index (κ3) is 4.41. The predicted octanol–water partition coefficient (Wildman–Crippen LogP) is 2.76. The number of pyridine rings is 1. The van der Waals surface area contributed by atoms with Crippen molar-refractivity contribution in [3.05, 3.63) is 18.3 Å². The first-order valence-electron chi connectivity index (χ1n) is 7.75. The van der Waals surface area contributed by atoms with E-state index in [1.54, 1.807) is 12.1 Å². The molecule has 1 fully saturated rings. The van der Waals surface area contributed by atoms with E-state index in [1.165, 1.54) is 19.0 Å². The van der Waals surface area contributed by atoms with Gasteiger partial charge in [0.25, 0.3) is 0 Å². The predicted molar refractivity (Wildman–Crippen MR) is 84.8 cm³/mol. The van der Waals surface area contributed by atoms with Crippen LogP contribution in [0.5, 0.6) is 0 Å². The molecular formula is C15H25N3O2S. The van der Waals surface area contributed by atoms with E-state index in [0.717, 1.165) is 25.8 Å². The van der Waals surface area contributed by atoms with E-state index in [1.807, 2.05) is 6.92 Å². The Balaban J connectivity index is 2.09. The monoisotopic (exact) mass is 311 g/mol. The molecule has 1 heterocycles. The van der Waals surface area contributed by atoms with Crippen molar-refractivity contribution >= 4 is 15.8 Å². The molecule has 1 aliphatic rings. The topological polar surface area (TPSA) is 71.1 Å². The smallest absolute Gasteiger partial charge is 0.242 e. The van der Waals surface area contributed by atoms with Crippen LogP contribution in [0.1, 0.15) is 46.0 Å². The van der Waals surface area contributed by atoms with Crippen LogP contribution in [0.3, 0.4) is 0 Å². The van der Waals surface area contributed by atoms with E-state index in [2.05, 4.69) is 21.9 Å². The lowest BCUT2D eigenvalue weighted by atomic mass is 9.98. The van der Waals surface area contributed by atoms with Crippen LogP contribution in [0, 0.1) is 5.92 Å². The lowest BCUT2D eigenvalue weighted by Crippen LogP contribution is -2.38. The van der Waals surface area contributed by atoms with Gasteiger partial charge in [0.2, 0.25) is 10.0 Å². The SMILES string of the molecule is CCNc1ccc(S(=O)(=O)NC2CCCCCC2C)cn1. The fraction of sp³-hybridized carbons (Fsp3) is 0.667. The highest BCUT2D eigenvalue weighted by Gasteiger charge is 2.25. The van der Waals surface area contributed by atoms with Gasteiger partial charge >= 0.3 is 0 Å². The molecule has 1 aromatic heterocycles. The maximum absolute atomic E-state index is 12.5. The van der Waals surface area contributed by atoms with Gasteiger partial charge in [0, 0.05) is 18.8 Å². The first-order valence-corrected chi connectivity index (χ1v) is 9.23. The largest absolute Gasteiger partial charge is 0.370 e. The molecule has 0 aliphatic heterocycles. The van der Waals surface area contributed by atoms with Crippen LogP contribution in [-0.4, -0.2) is 26.0 Å². The quantitative estimate of drug-likeness (QED) is 0.820. The summed E-state index contributed by atoms with van der Waals surface area (Å²) in [7, 11) is -3.48. The fourth-order valence-electron chi connectivity index (χ4n) is 2.76. The molecule has 0 aromatic carbocycles. The van der Waals surface area contributed by atoms with Gasteiger partial charge in [0.15, 0.2) is 0 Å². The molecule has 2 unspecified atom stereocenters. The van der Waals surface area contributed by atoms with Gasteiger partial charge < -0.3 is 5.32 Å². The molecule has 2 rings (SSSR count). The Morgan fingerprint density at radius 3 is 2.67 bits per heavy atom. The molecule has 118 valence electrons. The number of hydrogen-bond donors (Lipinski definition) is 2. The fourth-order valence-corrected chi connectivity index (χ4v) is 4.08. The first kappa shape index (κ1) is 16.2. The van der Waals surface area contributed by atoms with Crippen molar-refractivity contribution < 1.29 is 8.42 Å². The summed E-state index contributed by atoms with van der Waals surface area (Å²) in [6.07, 6.45) is 6.91. The zero-order valence-corrected chi connectivity index (χ0v) is 13.6. The molecule has 0 amide bonds. The van der Waals surface area contributed by atoms with Gasteiger partial charge in [-0.25, -0.2) is 18.1 Å². The summed E-state index contributed by atoms with van der Waals surface area (Å²) in [5, 5.41) is 3.06. The van der Waals surface area contributed by atoms with Crippen molar-refractivity contribution in [2.75, 3.05) is 11.9 Å². The zero-order chi connectivity index (χ0) is 15.3. The van der Waals surface area contributed by atoms with Gasteiger partial charge in [0.05, 0.1) is 0 Å². The van der Waals surface area contributed by atoms with E-state index in [9.17, 15) is 8.42 Å². The van der Waals surface area contributed by atoms with Gasteiger partial charge in [-0.3, -0.25) is 0 Å². The van der Waals surface area contributed by atoms with Crippen LogP contribution < -0.4 is 10.0 Å². The van der Waals surface area contributed by atoms with Crippen molar-refractivity contribution in [1.29, 1.82) is 0 Å². The molecule has 0 saturated heterocycles. The first-order chi connectivity index (χ1) is 10.0. The molecule has 6 heteroatoms. The van der Waals surface area contributed by atoms with Gasteiger partial charge in [-0.1, -0.05) is 26.2 Å². The maximum atomic E-state index is 12.5. The highest BCUT2D eigenvalue weighted by Crippen LogP contribution is 2.24. The summed E-state index contributed by atoms with van der Waals surface area (Å²) in [4.78, 5) is 4.37. The van der Waals surface area contributed by atoms with Crippen LogP contribution in [0.15, 0.2) is 23.2 Å². The van der Waals surface area contributed by atoms with E-state index < -0.39 is 10.0 Å². The second kappa shape index (κ2) is 7.22. The normalized spacial score (nSPS) is 23.5. The summed E-state index contributed by atoms with van der Waals surface area (Å²) in [6, 6.07) is 3.34. The molecule has 1 aliphatic carbocycles. The van der Waals surface area contributed by atoms with Crippen molar-refractivity contribution in [1.82, 2.24) is 9.71 Å². The van der Waals surface area contributed by atoms with Gasteiger partial charge in [-0.15, -0.1) is 0 Å². The number of sulfonamides is 1. The summed E-state index contributed by atoms with van der Waals surface area (Å²) in [5.74, 6) is 1.08. The minimum absolute atomic E-state index is 0.0333. The van der Waals surface area contributed by atoms with Crippen molar-refractivity contribution in [2.24, 2.45) is 5.92 Å². The lowest BCUT2D eigenvalue weighted by Gasteiger charge is -2.22. The molecular weight excluding hydrogens is 286 g/mol.